The van der Waals surface area contributed by atoms with Gasteiger partial charge in [-0.05, 0) is 11.6 Å². The quantitative estimate of drug-likeness (QED) is 0.843. The number of ether oxygens (including phenoxy) is 1. The van der Waals surface area contributed by atoms with Gasteiger partial charge in [0, 0.05) is 10.9 Å². The molecule has 0 aliphatic rings. The van der Waals surface area contributed by atoms with Crippen molar-refractivity contribution in [2.45, 2.75) is 11.8 Å². The van der Waals surface area contributed by atoms with E-state index in [1.54, 1.807) is 19.2 Å². The highest BCUT2D eigenvalue weighted by Crippen LogP contribution is 2.22. The fourth-order valence-corrected chi connectivity index (χ4v) is 1.65. The normalized spacial score (nSPS) is 9.86. The Morgan fingerprint density at radius 3 is 2.79 bits per heavy atom. The van der Waals surface area contributed by atoms with Gasteiger partial charge < -0.3 is 9.84 Å². The summed E-state index contributed by atoms with van der Waals surface area (Å²) in [7, 11) is 1.58. The van der Waals surface area contributed by atoms with E-state index in [0.717, 1.165) is 16.9 Å². The van der Waals surface area contributed by atoms with Crippen LogP contribution in [0.4, 0.5) is 0 Å². The smallest absolute Gasteiger partial charge is 0.307 e. The van der Waals surface area contributed by atoms with Gasteiger partial charge in [0.25, 0.3) is 0 Å². The third-order valence-corrected chi connectivity index (χ3v) is 2.45. The molecule has 1 N–H and O–H groups in total. The van der Waals surface area contributed by atoms with Crippen LogP contribution < -0.4 is 4.74 Å². The number of aliphatic carboxylic acids is 1. The lowest BCUT2D eigenvalue weighted by Gasteiger charge is -2.07. The molecule has 0 unspecified atom stereocenters. The van der Waals surface area contributed by atoms with Crippen LogP contribution in [0.3, 0.4) is 0 Å². The molecular formula is C10H11BrO3. The molecule has 1 aromatic rings. The molecule has 14 heavy (non-hydrogen) atoms. The van der Waals surface area contributed by atoms with Gasteiger partial charge in [0.2, 0.25) is 0 Å². The lowest BCUT2D eigenvalue weighted by molar-refractivity contribution is -0.136. The number of rotatable bonds is 4. The van der Waals surface area contributed by atoms with E-state index in [9.17, 15) is 4.79 Å². The number of hydrogen-bond acceptors (Lipinski definition) is 2. The second-order valence-corrected chi connectivity index (χ2v) is 3.41. The molecule has 0 amide bonds. The van der Waals surface area contributed by atoms with Gasteiger partial charge in [0.15, 0.2) is 0 Å². The van der Waals surface area contributed by atoms with Gasteiger partial charge in [0.05, 0.1) is 13.5 Å². The van der Waals surface area contributed by atoms with Crippen LogP contribution in [0, 0.1) is 0 Å². The first kappa shape index (κ1) is 11.0. The van der Waals surface area contributed by atoms with Gasteiger partial charge in [-0.2, -0.15) is 0 Å². The molecule has 0 saturated carbocycles. The van der Waals surface area contributed by atoms with Crippen molar-refractivity contribution in [3.8, 4) is 5.75 Å². The molecule has 0 atom stereocenters. The minimum atomic E-state index is -0.835. The van der Waals surface area contributed by atoms with E-state index in [2.05, 4.69) is 15.9 Å². The maximum absolute atomic E-state index is 10.5. The van der Waals surface area contributed by atoms with Crippen molar-refractivity contribution < 1.29 is 14.6 Å². The van der Waals surface area contributed by atoms with Crippen LogP contribution in [0.5, 0.6) is 5.75 Å². The largest absolute Gasteiger partial charge is 0.496 e. The van der Waals surface area contributed by atoms with Crippen LogP contribution in [0.1, 0.15) is 11.1 Å². The molecule has 3 nitrogen and oxygen atoms in total. The summed E-state index contributed by atoms with van der Waals surface area (Å²) < 4.78 is 5.14. The summed E-state index contributed by atoms with van der Waals surface area (Å²) in [6, 6.07) is 5.42. The molecule has 0 aliphatic heterocycles. The van der Waals surface area contributed by atoms with Gasteiger partial charge in [-0.15, -0.1) is 0 Å². The first-order valence-electron chi connectivity index (χ1n) is 4.11. The maximum Gasteiger partial charge on any atom is 0.307 e. The highest BCUT2D eigenvalue weighted by molar-refractivity contribution is 9.08. The minimum Gasteiger partial charge on any atom is -0.496 e. The molecular weight excluding hydrogens is 248 g/mol. The van der Waals surface area contributed by atoms with E-state index in [0.29, 0.717) is 5.33 Å². The molecule has 1 aromatic carbocycles. The first-order valence-corrected chi connectivity index (χ1v) is 5.23. The minimum absolute atomic E-state index is 0.0267. The fourth-order valence-electron chi connectivity index (χ4n) is 1.18. The van der Waals surface area contributed by atoms with Crippen molar-refractivity contribution in [1.29, 1.82) is 0 Å². The molecule has 0 heterocycles. The molecule has 0 fully saturated rings. The number of carbonyl (C=O) groups is 1. The molecule has 1 rings (SSSR count). The third-order valence-electron chi connectivity index (χ3n) is 1.85. The van der Waals surface area contributed by atoms with Crippen LogP contribution >= 0.6 is 15.9 Å². The Morgan fingerprint density at radius 2 is 2.29 bits per heavy atom. The van der Waals surface area contributed by atoms with Crippen LogP contribution in [-0.2, 0) is 16.5 Å². The van der Waals surface area contributed by atoms with Crippen LogP contribution in [-0.4, -0.2) is 18.2 Å². The Labute approximate surface area is 90.8 Å². The summed E-state index contributed by atoms with van der Waals surface area (Å²) in [6.45, 7) is 0. The Kier molecular flexibility index (Phi) is 3.95. The average molecular weight is 259 g/mol. The Morgan fingerprint density at radius 1 is 1.57 bits per heavy atom. The van der Waals surface area contributed by atoms with Gasteiger partial charge >= 0.3 is 5.97 Å². The van der Waals surface area contributed by atoms with Crippen molar-refractivity contribution in [3.05, 3.63) is 29.3 Å². The zero-order valence-electron chi connectivity index (χ0n) is 7.79. The average Bonchev–Trinajstić information content (AvgIpc) is 2.16. The highest BCUT2D eigenvalue weighted by atomic mass is 79.9. The lowest BCUT2D eigenvalue weighted by atomic mass is 10.1. The van der Waals surface area contributed by atoms with E-state index in [4.69, 9.17) is 9.84 Å². The van der Waals surface area contributed by atoms with Crippen molar-refractivity contribution in [3.63, 3.8) is 0 Å². The van der Waals surface area contributed by atoms with Crippen molar-refractivity contribution in [2.75, 3.05) is 7.11 Å². The summed E-state index contributed by atoms with van der Waals surface area (Å²) in [5.41, 5.74) is 1.76. The second kappa shape index (κ2) is 5.00. The zero-order chi connectivity index (χ0) is 10.6. The third kappa shape index (κ3) is 2.73. The second-order valence-electron chi connectivity index (χ2n) is 2.85. The molecule has 0 aliphatic carbocycles. The number of benzene rings is 1. The standard InChI is InChI=1S/C10H11BrO3/c1-14-9-4-7(5-10(12)13)2-3-8(9)6-11/h2-4H,5-6H2,1H3,(H,12,13). The van der Waals surface area contributed by atoms with E-state index >= 15 is 0 Å². The number of carboxylic acids is 1. The highest BCUT2D eigenvalue weighted by Gasteiger charge is 2.05. The Bertz CT molecular complexity index is 336. The van der Waals surface area contributed by atoms with Crippen LogP contribution in [0.2, 0.25) is 0 Å². The molecule has 0 aromatic heterocycles. The van der Waals surface area contributed by atoms with E-state index in [1.165, 1.54) is 0 Å². The number of methoxy groups -OCH3 is 1. The molecule has 0 spiro atoms. The van der Waals surface area contributed by atoms with Crippen molar-refractivity contribution in [2.24, 2.45) is 0 Å². The first-order chi connectivity index (χ1) is 6.67. The monoisotopic (exact) mass is 258 g/mol. The van der Waals surface area contributed by atoms with E-state index in [1.807, 2.05) is 6.07 Å². The lowest BCUT2D eigenvalue weighted by Crippen LogP contribution is -2.01. The SMILES string of the molecule is COc1cc(CC(=O)O)ccc1CBr. The summed E-state index contributed by atoms with van der Waals surface area (Å²) >= 11 is 3.33. The number of hydrogen-bond donors (Lipinski definition) is 1. The zero-order valence-corrected chi connectivity index (χ0v) is 9.37. The summed E-state index contributed by atoms with van der Waals surface area (Å²) in [6.07, 6.45) is 0.0267. The van der Waals surface area contributed by atoms with Crippen molar-refractivity contribution >= 4 is 21.9 Å². The van der Waals surface area contributed by atoms with Gasteiger partial charge in [-0.25, -0.2) is 0 Å². The molecule has 76 valence electrons. The van der Waals surface area contributed by atoms with Gasteiger partial charge in [0.1, 0.15) is 5.75 Å². The van der Waals surface area contributed by atoms with E-state index < -0.39 is 5.97 Å². The maximum atomic E-state index is 10.5. The predicted octanol–water partition coefficient (Wildman–Crippen LogP) is 2.22. The number of alkyl halides is 1. The molecule has 4 heteroatoms. The van der Waals surface area contributed by atoms with Crippen molar-refractivity contribution in [1.82, 2.24) is 0 Å². The number of carboxylic acid groups (broad SMARTS) is 1. The Balaban J connectivity index is 2.95. The molecule has 0 saturated heterocycles. The fraction of sp³-hybridized carbons (Fsp3) is 0.300. The molecule has 0 radical (unpaired) electrons. The topological polar surface area (TPSA) is 46.5 Å². The van der Waals surface area contributed by atoms with Gasteiger partial charge in [-0.1, -0.05) is 28.1 Å². The van der Waals surface area contributed by atoms with E-state index in [-0.39, 0.29) is 6.42 Å². The Hall–Kier alpha value is -1.03. The molecule has 0 bridgehead atoms. The summed E-state index contributed by atoms with van der Waals surface area (Å²) in [4.78, 5) is 10.5. The van der Waals surface area contributed by atoms with Crippen LogP contribution in [0.15, 0.2) is 18.2 Å². The van der Waals surface area contributed by atoms with Crippen LogP contribution in [0.25, 0.3) is 0 Å². The number of halogens is 1. The summed E-state index contributed by atoms with van der Waals surface area (Å²) in [5, 5.41) is 9.30. The summed E-state index contributed by atoms with van der Waals surface area (Å²) in [5.74, 6) is -0.112. The predicted molar refractivity (Wildman–Crippen MR) is 57.0 cm³/mol. The van der Waals surface area contributed by atoms with Gasteiger partial charge in [-0.3, -0.25) is 4.79 Å².